The topological polar surface area (TPSA) is 74.8 Å². The number of nitrogens with one attached hydrogen (secondary N) is 3. The lowest BCUT2D eigenvalue weighted by Crippen LogP contribution is -2.38. The molecule has 0 heterocycles. The van der Waals surface area contributed by atoms with Crippen LogP contribution < -0.4 is 20.7 Å². The minimum Gasteiger partial charge on any atom is -0.484 e. The molecule has 0 spiro atoms. The standard InChI is InChI=1S/C23H28F2N4O2.HI/c1-2-26-23(28-14-17-13-18(24)5-10-21(17)25)27-12-11-16-3-8-20(9-4-16)31-15-22(30)29-19-6-7-19;/h3-5,8-10,13,19H,2,6-7,11-12,14-15H2,1H3,(H,29,30)(H2,26,27,28);1H. The number of aliphatic imine (C=N–C) groups is 1. The average Bonchev–Trinajstić information content (AvgIpc) is 3.57. The van der Waals surface area contributed by atoms with Gasteiger partial charge in [0.25, 0.3) is 5.91 Å². The van der Waals surface area contributed by atoms with Gasteiger partial charge < -0.3 is 20.7 Å². The summed E-state index contributed by atoms with van der Waals surface area (Å²) < 4.78 is 32.6. The van der Waals surface area contributed by atoms with E-state index in [0.29, 0.717) is 30.8 Å². The molecule has 1 saturated carbocycles. The van der Waals surface area contributed by atoms with Crippen LogP contribution in [-0.2, 0) is 17.8 Å². The fourth-order valence-corrected chi connectivity index (χ4v) is 2.89. The third kappa shape index (κ3) is 8.97. The van der Waals surface area contributed by atoms with E-state index in [-0.39, 0.29) is 48.6 Å². The Hall–Kier alpha value is -2.43. The van der Waals surface area contributed by atoms with Crippen molar-refractivity contribution < 1.29 is 18.3 Å². The minimum absolute atomic E-state index is 0. The van der Waals surface area contributed by atoms with Gasteiger partial charge >= 0.3 is 0 Å². The van der Waals surface area contributed by atoms with E-state index < -0.39 is 11.6 Å². The molecule has 3 N–H and O–H groups in total. The highest BCUT2D eigenvalue weighted by atomic mass is 127. The highest BCUT2D eigenvalue weighted by molar-refractivity contribution is 14.0. The van der Waals surface area contributed by atoms with E-state index in [0.717, 1.165) is 43.0 Å². The van der Waals surface area contributed by atoms with Gasteiger partial charge in [0.1, 0.15) is 17.4 Å². The first-order valence-electron chi connectivity index (χ1n) is 10.5. The zero-order valence-electron chi connectivity index (χ0n) is 18.0. The van der Waals surface area contributed by atoms with Gasteiger partial charge in [0.05, 0.1) is 6.54 Å². The number of benzene rings is 2. The number of rotatable bonds is 10. The molecule has 0 atom stereocenters. The largest absolute Gasteiger partial charge is 0.484 e. The van der Waals surface area contributed by atoms with Crippen molar-refractivity contribution in [2.75, 3.05) is 19.7 Å². The number of hydrogen-bond donors (Lipinski definition) is 3. The molecule has 32 heavy (non-hydrogen) atoms. The maximum absolute atomic E-state index is 13.8. The van der Waals surface area contributed by atoms with Crippen molar-refractivity contribution in [1.82, 2.24) is 16.0 Å². The molecule has 0 radical (unpaired) electrons. The number of amides is 1. The van der Waals surface area contributed by atoms with Crippen LogP contribution in [0.2, 0.25) is 0 Å². The van der Waals surface area contributed by atoms with Gasteiger partial charge in [0.2, 0.25) is 0 Å². The molecule has 1 aliphatic carbocycles. The molecule has 9 heteroatoms. The van der Waals surface area contributed by atoms with E-state index >= 15 is 0 Å². The van der Waals surface area contributed by atoms with Gasteiger partial charge in [-0.05, 0) is 62.1 Å². The number of nitrogens with zero attached hydrogens (tertiary/aromatic N) is 1. The first kappa shape index (κ1) is 25.8. The molecular weight excluding hydrogens is 529 g/mol. The fraction of sp³-hybridized carbons (Fsp3) is 0.391. The number of hydrogen-bond acceptors (Lipinski definition) is 3. The second-order valence-corrected chi connectivity index (χ2v) is 7.38. The van der Waals surface area contributed by atoms with Crippen LogP contribution in [0, 0.1) is 11.6 Å². The van der Waals surface area contributed by atoms with Crippen molar-refractivity contribution in [3.8, 4) is 5.75 Å². The van der Waals surface area contributed by atoms with E-state index in [2.05, 4.69) is 20.9 Å². The average molecular weight is 558 g/mol. The number of carbonyl (C=O) groups excluding carboxylic acids is 1. The van der Waals surface area contributed by atoms with Crippen LogP contribution in [0.15, 0.2) is 47.5 Å². The Balaban J connectivity index is 0.00000363. The summed E-state index contributed by atoms with van der Waals surface area (Å²) in [6.45, 7) is 3.26. The summed E-state index contributed by atoms with van der Waals surface area (Å²) >= 11 is 0. The van der Waals surface area contributed by atoms with Gasteiger partial charge in [-0.2, -0.15) is 0 Å². The van der Waals surface area contributed by atoms with E-state index in [1.54, 1.807) is 0 Å². The van der Waals surface area contributed by atoms with Crippen molar-refractivity contribution >= 4 is 35.8 Å². The lowest BCUT2D eigenvalue weighted by Gasteiger charge is -2.12. The van der Waals surface area contributed by atoms with Gasteiger partial charge in [-0.15, -0.1) is 24.0 Å². The van der Waals surface area contributed by atoms with Crippen LogP contribution in [0.25, 0.3) is 0 Å². The van der Waals surface area contributed by atoms with Gasteiger partial charge in [0.15, 0.2) is 12.6 Å². The molecular formula is C23H29F2IN4O2. The van der Waals surface area contributed by atoms with Crippen molar-refractivity contribution in [2.24, 2.45) is 4.99 Å². The highest BCUT2D eigenvalue weighted by Crippen LogP contribution is 2.18. The molecule has 174 valence electrons. The normalized spacial score (nSPS) is 13.2. The maximum Gasteiger partial charge on any atom is 0.258 e. The molecule has 6 nitrogen and oxygen atoms in total. The smallest absolute Gasteiger partial charge is 0.258 e. The Morgan fingerprint density at radius 3 is 2.56 bits per heavy atom. The molecule has 3 rings (SSSR count). The third-order valence-electron chi connectivity index (χ3n) is 4.70. The predicted octanol–water partition coefficient (Wildman–Crippen LogP) is 3.54. The van der Waals surface area contributed by atoms with E-state index in [1.165, 1.54) is 0 Å². The quantitative estimate of drug-likeness (QED) is 0.237. The van der Waals surface area contributed by atoms with E-state index in [1.807, 2.05) is 31.2 Å². The summed E-state index contributed by atoms with van der Waals surface area (Å²) in [6.07, 6.45) is 2.84. The van der Waals surface area contributed by atoms with Gasteiger partial charge in [-0.1, -0.05) is 12.1 Å². The Kier molecular flexibility index (Phi) is 10.6. The molecule has 1 aliphatic rings. The van der Waals surface area contributed by atoms with Crippen LogP contribution >= 0.6 is 24.0 Å². The first-order valence-corrected chi connectivity index (χ1v) is 10.5. The Morgan fingerprint density at radius 1 is 1.12 bits per heavy atom. The molecule has 1 fully saturated rings. The van der Waals surface area contributed by atoms with Crippen molar-refractivity contribution in [2.45, 2.75) is 38.8 Å². The Labute approximate surface area is 204 Å². The molecule has 2 aromatic rings. The summed E-state index contributed by atoms with van der Waals surface area (Å²) in [5, 5.41) is 9.17. The third-order valence-corrected chi connectivity index (χ3v) is 4.70. The van der Waals surface area contributed by atoms with E-state index in [4.69, 9.17) is 4.74 Å². The number of carbonyl (C=O) groups is 1. The number of guanidine groups is 1. The van der Waals surface area contributed by atoms with Crippen molar-refractivity contribution in [3.05, 3.63) is 65.2 Å². The second-order valence-electron chi connectivity index (χ2n) is 7.38. The first-order chi connectivity index (χ1) is 15.0. The molecule has 0 unspecified atom stereocenters. The molecule has 0 bridgehead atoms. The fourth-order valence-electron chi connectivity index (χ4n) is 2.89. The van der Waals surface area contributed by atoms with E-state index in [9.17, 15) is 13.6 Å². The summed E-state index contributed by atoms with van der Waals surface area (Å²) in [5.74, 6) is 0.125. The maximum atomic E-state index is 13.8. The zero-order valence-corrected chi connectivity index (χ0v) is 20.3. The summed E-state index contributed by atoms with van der Waals surface area (Å²) in [6, 6.07) is 11.2. The second kappa shape index (κ2) is 13.2. The van der Waals surface area contributed by atoms with Crippen LogP contribution in [0.3, 0.4) is 0 Å². The van der Waals surface area contributed by atoms with Gasteiger partial charge in [0, 0.05) is 24.7 Å². The summed E-state index contributed by atoms with van der Waals surface area (Å²) in [7, 11) is 0. The lowest BCUT2D eigenvalue weighted by molar-refractivity contribution is -0.123. The van der Waals surface area contributed by atoms with Crippen molar-refractivity contribution in [3.63, 3.8) is 0 Å². The lowest BCUT2D eigenvalue weighted by atomic mass is 10.1. The minimum atomic E-state index is -0.486. The predicted molar refractivity (Wildman–Crippen MR) is 131 cm³/mol. The van der Waals surface area contributed by atoms with Crippen molar-refractivity contribution in [1.29, 1.82) is 0 Å². The van der Waals surface area contributed by atoms with Gasteiger partial charge in [-0.3, -0.25) is 4.79 Å². The molecule has 0 saturated heterocycles. The highest BCUT2D eigenvalue weighted by Gasteiger charge is 2.23. The van der Waals surface area contributed by atoms with Crippen LogP contribution in [0.1, 0.15) is 30.9 Å². The monoisotopic (exact) mass is 558 g/mol. The van der Waals surface area contributed by atoms with Crippen LogP contribution in [0.5, 0.6) is 5.75 Å². The summed E-state index contributed by atoms with van der Waals surface area (Å²) in [4.78, 5) is 16.0. The van der Waals surface area contributed by atoms with Crippen LogP contribution in [-0.4, -0.2) is 37.6 Å². The van der Waals surface area contributed by atoms with Crippen LogP contribution in [0.4, 0.5) is 8.78 Å². The SMILES string of the molecule is CCNC(=NCc1cc(F)ccc1F)NCCc1ccc(OCC(=O)NC2CC2)cc1.I. The Bertz CT molecular complexity index is 905. The Morgan fingerprint density at radius 2 is 1.88 bits per heavy atom. The van der Waals surface area contributed by atoms with Gasteiger partial charge in [-0.25, -0.2) is 13.8 Å². The molecule has 0 aliphatic heterocycles. The molecule has 0 aromatic heterocycles. The zero-order chi connectivity index (χ0) is 22.1. The number of ether oxygens (including phenoxy) is 1. The molecule has 2 aromatic carbocycles. The number of halogens is 3. The molecule has 1 amide bonds. The summed E-state index contributed by atoms with van der Waals surface area (Å²) in [5.41, 5.74) is 1.30.